The van der Waals surface area contributed by atoms with Crippen LogP contribution in [0.3, 0.4) is 0 Å². The Hall–Kier alpha value is -2.08. The van der Waals surface area contributed by atoms with Crippen molar-refractivity contribution >= 4 is 0 Å². The van der Waals surface area contributed by atoms with Crippen molar-refractivity contribution < 1.29 is 27.4 Å². The molecule has 0 saturated carbocycles. The van der Waals surface area contributed by atoms with E-state index in [9.17, 15) is 17.6 Å². The van der Waals surface area contributed by atoms with Crippen molar-refractivity contribution in [3.05, 3.63) is 59.4 Å². The number of hydrogen-bond donors (Lipinski definition) is 1. The minimum absolute atomic E-state index is 0.0350. The van der Waals surface area contributed by atoms with Gasteiger partial charge in [-0.2, -0.15) is 13.2 Å². The van der Waals surface area contributed by atoms with E-state index in [1.54, 1.807) is 12.1 Å². The summed E-state index contributed by atoms with van der Waals surface area (Å²) >= 11 is 0. The third-order valence-corrected chi connectivity index (χ3v) is 2.59. The number of benzene rings is 2. The molecule has 0 amide bonds. The highest BCUT2D eigenvalue weighted by molar-refractivity contribution is 5.35. The molecular formula is C14H10F4O2. The molecule has 0 heterocycles. The van der Waals surface area contributed by atoms with Crippen LogP contribution in [0.2, 0.25) is 0 Å². The van der Waals surface area contributed by atoms with Crippen LogP contribution < -0.4 is 4.74 Å². The lowest BCUT2D eigenvalue weighted by Gasteiger charge is -2.10. The summed E-state index contributed by atoms with van der Waals surface area (Å²) < 4.78 is 55.7. The number of rotatable bonds is 3. The van der Waals surface area contributed by atoms with Gasteiger partial charge >= 0.3 is 6.18 Å². The normalized spacial score (nSPS) is 11.4. The minimum Gasteiger partial charge on any atom is -0.457 e. The van der Waals surface area contributed by atoms with Crippen molar-refractivity contribution in [2.45, 2.75) is 12.8 Å². The fraction of sp³-hybridized carbons (Fsp3) is 0.143. The Morgan fingerprint density at radius 2 is 1.55 bits per heavy atom. The van der Waals surface area contributed by atoms with Crippen LogP contribution in [0, 0.1) is 5.82 Å². The molecule has 2 rings (SSSR count). The smallest absolute Gasteiger partial charge is 0.419 e. The second-order valence-electron chi connectivity index (χ2n) is 4.04. The van der Waals surface area contributed by atoms with Gasteiger partial charge < -0.3 is 9.84 Å². The molecule has 0 aliphatic carbocycles. The molecule has 0 bridgehead atoms. The molecule has 0 aromatic heterocycles. The lowest BCUT2D eigenvalue weighted by molar-refractivity contribution is -0.140. The van der Waals surface area contributed by atoms with Gasteiger partial charge in [0.25, 0.3) is 0 Å². The van der Waals surface area contributed by atoms with Gasteiger partial charge in [0.05, 0.1) is 12.2 Å². The van der Waals surface area contributed by atoms with Gasteiger partial charge in [-0.15, -0.1) is 0 Å². The van der Waals surface area contributed by atoms with E-state index >= 15 is 0 Å². The third kappa shape index (κ3) is 3.27. The molecule has 2 aromatic carbocycles. The highest BCUT2D eigenvalue weighted by atomic mass is 19.4. The van der Waals surface area contributed by atoms with Crippen molar-refractivity contribution in [1.82, 2.24) is 0 Å². The van der Waals surface area contributed by atoms with Gasteiger partial charge in [-0.25, -0.2) is 4.39 Å². The molecule has 0 spiro atoms. The van der Waals surface area contributed by atoms with Gasteiger partial charge in [0.15, 0.2) is 0 Å². The standard InChI is InChI=1S/C14H10F4O2/c15-13-7-11(5-6-12(13)14(16,17)18)20-10-3-1-9(8-19)2-4-10/h1-7,19H,8H2. The monoisotopic (exact) mass is 286 g/mol. The summed E-state index contributed by atoms with van der Waals surface area (Å²) in [6, 6.07) is 8.61. The molecule has 106 valence electrons. The molecule has 0 unspecified atom stereocenters. The van der Waals surface area contributed by atoms with Crippen molar-refractivity contribution in [3.63, 3.8) is 0 Å². The van der Waals surface area contributed by atoms with Crippen molar-refractivity contribution in [3.8, 4) is 11.5 Å². The summed E-state index contributed by atoms with van der Waals surface area (Å²) in [7, 11) is 0. The second kappa shape index (κ2) is 5.50. The fourth-order valence-corrected chi connectivity index (χ4v) is 1.59. The summed E-state index contributed by atoms with van der Waals surface area (Å²) in [5.41, 5.74) is -0.670. The molecule has 6 heteroatoms. The largest absolute Gasteiger partial charge is 0.457 e. The van der Waals surface area contributed by atoms with Crippen molar-refractivity contribution in [2.75, 3.05) is 0 Å². The van der Waals surface area contributed by atoms with Crippen LogP contribution in [0.25, 0.3) is 0 Å². The molecule has 0 atom stereocenters. The summed E-state index contributed by atoms with van der Waals surface area (Å²) in [4.78, 5) is 0. The zero-order valence-electron chi connectivity index (χ0n) is 10.1. The summed E-state index contributed by atoms with van der Waals surface area (Å²) in [5.74, 6) is -1.09. The maximum Gasteiger partial charge on any atom is 0.419 e. The van der Waals surface area contributed by atoms with E-state index in [2.05, 4.69) is 0 Å². The van der Waals surface area contributed by atoms with Gasteiger partial charge in [-0.05, 0) is 29.8 Å². The van der Waals surface area contributed by atoms with Gasteiger partial charge in [-0.3, -0.25) is 0 Å². The van der Waals surface area contributed by atoms with Gasteiger partial charge in [0.1, 0.15) is 17.3 Å². The van der Waals surface area contributed by atoms with Crippen LogP contribution in [0.4, 0.5) is 17.6 Å². The summed E-state index contributed by atoms with van der Waals surface area (Å²) in [5, 5.41) is 8.86. The lowest BCUT2D eigenvalue weighted by atomic mass is 10.2. The molecule has 0 fully saturated rings. The van der Waals surface area contributed by atoms with Gasteiger partial charge in [0, 0.05) is 6.07 Å². The zero-order valence-corrected chi connectivity index (χ0v) is 10.1. The number of alkyl halides is 3. The maximum absolute atomic E-state index is 13.3. The van der Waals surface area contributed by atoms with Crippen LogP contribution >= 0.6 is 0 Å². The highest BCUT2D eigenvalue weighted by Crippen LogP contribution is 2.33. The number of aliphatic hydroxyl groups excluding tert-OH is 1. The molecule has 20 heavy (non-hydrogen) atoms. The Morgan fingerprint density at radius 3 is 2.05 bits per heavy atom. The topological polar surface area (TPSA) is 29.5 Å². The first-order valence-corrected chi connectivity index (χ1v) is 5.64. The first-order chi connectivity index (χ1) is 9.40. The highest BCUT2D eigenvalue weighted by Gasteiger charge is 2.34. The number of halogens is 4. The number of ether oxygens (including phenoxy) is 1. The Morgan fingerprint density at radius 1 is 0.950 bits per heavy atom. The SMILES string of the molecule is OCc1ccc(Oc2ccc(C(F)(F)F)c(F)c2)cc1. The van der Waals surface area contributed by atoms with E-state index in [4.69, 9.17) is 9.84 Å². The molecule has 2 nitrogen and oxygen atoms in total. The van der Waals surface area contributed by atoms with Crippen LogP contribution in [0.1, 0.15) is 11.1 Å². The van der Waals surface area contributed by atoms with Crippen LogP contribution in [0.5, 0.6) is 11.5 Å². The van der Waals surface area contributed by atoms with Crippen LogP contribution in [0.15, 0.2) is 42.5 Å². The van der Waals surface area contributed by atoms with Gasteiger partial charge in [-0.1, -0.05) is 12.1 Å². The summed E-state index contributed by atoms with van der Waals surface area (Å²) in [6.07, 6.45) is -4.73. The number of hydrogen-bond acceptors (Lipinski definition) is 2. The van der Waals surface area contributed by atoms with E-state index < -0.39 is 17.6 Å². The van der Waals surface area contributed by atoms with E-state index in [0.717, 1.165) is 6.07 Å². The maximum atomic E-state index is 13.3. The minimum atomic E-state index is -4.73. The molecule has 0 radical (unpaired) electrons. The average molecular weight is 286 g/mol. The Balaban J connectivity index is 2.19. The lowest BCUT2D eigenvalue weighted by Crippen LogP contribution is -2.07. The second-order valence-corrected chi connectivity index (χ2v) is 4.04. The fourth-order valence-electron chi connectivity index (χ4n) is 1.59. The first kappa shape index (κ1) is 14.3. The van der Waals surface area contributed by atoms with Crippen LogP contribution in [-0.4, -0.2) is 5.11 Å². The zero-order chi connectivity index (χ0) is 14.8. The van der Waals surface area contributed by atoms with Crippen molar-refractivity contribution in [1.29, 1.82) is 0 Å². The molecule has 1 N–H and O–H groups in total. The Bertz CT molecular complexity index is 591. The predicted molar refractivity (Wildman–Crippen MR) is 63.8 cm³/mol. The van der Waals surface area contributed by atoms with E-state index in [0.29, 0.717) is 23.4 Å². The van der Waals surface area contributed by atoms with Crippen LogP contribution in [-0.2, 0) is 12.8 Å². The Labute approximate surface area is 112 Å². The molecule has 0 saturated heterocycles. The van der Waals surface area contributed by atoms with Gasteiger partial charge in [0.2, 0.25) is 0 Å². The molecular weight excluding hydrogens is 276 g/mol. The van der Waals surface area contributed by atoms with E-state index in [1.807, 2.05) is 0 Å². The predicted octanol–water partition coefficient (Wildman–Crippen LogP) is 4.13. The van der Waals surface area contributed by atoms with E-state index in [-0.39, 0.29) is 12.4 Å². The molecule has 0 aliphatic heterocycles. The third-order valence-electron chi connectivity index (χ3n) is 2.59. The van der Waals surface area contributed by atoms with E-state index in [1.165, 1.54) is 12.1 Å². The van der Waals surface area contributed by atoms with Crippen molar-refractivity contribution in [2.24, 2.45) is 0 Å². The first-order valence-electron chi connectivity index (χ1n) is 5.64. The summed E-state index contributed by atoms with van der Waals surface area (Å²) in [6.45, 7) is -0.130. The molecule has 2 aromatic rings. The molecule has 0 aliphatic rings. The average Bonchev–Trinajstić information content (AvgIpc) is 2.38. The Kier molecular flexibility index (Phi) is 3.94. The quantitative estimate of drug-likeness (QED) is 0.860. The number of aliphatic hydroxyl groups is 1.